The van der Waals surface area contributed by atoms with Gasteiger partial charge in [-0.05, 0) is 84.9 Å². The van der Waals surface area contributed by atoms with Crippen LogP contribution in [0, 0.1) is 13.8 Å². The lowest BCUT2D eigenvalue weighted by Crippen LogP contribution is -2.09. The molecule has 2 aromatic rings. The topological polar surface area (TPSA) is 61.8 Å². The van der Waals surface area contributed by atoms with E-state index in [4.69, 9.17) is 14.2 Å². The monoisotopic (exact) mass is 564 g/mol. The van der Waals surface area contributed by atoms with Crippen LogP contribution in [-0.4, -0.2) is 34.2 Å². The third-order valence-corrected chi connectivity index (χ3v) is 8.79. The molecule has 0 amide bonds. The summed E-state index contributed by atoms with van der Waals surface area (Å²) in [6, 6.07) is 6.36. The van der Waals surface area contributed by atoms with Crippen molar-refractivity contribution in [3.63, 3.8) is 0 Å². The molecule has 0 N–H and O–H groups in total. The van der Waals surface area contributed by atoms with Gasteiger partial charge < -0.3 is 14.2 Å². The quantitative estimate of drug-likeness (QED) is 0.131. The van der Waals surface area contributed by atoms with Crippen molar-refractivity contribution < 1.29 is 22.6 Å². The third-order valence-electron chi connectivity index (χ3n) is 6.94. The second-order valence-electron chi connectivity index (χ2n) is 10.2. The van der Waals surface area contributed by atoms with Crippen LogP contribution in [0.1, 0.15) is 63.6 Å². The Morgan fingerprint density at radius 2 is 1.75 bits per heavy atom. The maximum atomic E-state index is 12.8. The lowest BCUT2D eigenvalue weighted by atomic mass is 9.94. The lowest BCUT2D eigenvalue weighted by molar-refractivity contribution is 0.0229. The zero-order valence-electron chi connectivity index (χ0n) is 24.9. The molecule has 0 radical (unpaired) electrons. The molecule has 0 heterocycles. The number of rotatable bonds is 14. The van der Waals surface area contributed by atoms with E-state index in [-0.39, 0.29) is 12.5 Å². The van der Waals surface area contributed by atoms with Gasteiger partial charge in [-0.2, -0.15) is 0 Å². The molecule has 216 valence electrons. The van der Waals surface area contributed by atoms with E-state index in [0.717, 1.165) is 57.4 Å². The van der Waals surface area contributed by atoms with E-state index < -0.39 is 9.84 Å². The number of allylic oxidation sites excluding steroid dienone is 8. The van der Waals surface area contributed by atoms with E-state index in [1.54, 1.807) is 18.2 Å². The first kappa shape index (κ1) is 31.4. The minimum Gasteiger partial charge on any atom is -0.493 e. The molecule has 5 nitrogen and oxygen atoms in total. The van der Waals surface area contributed by atoms with Crippen LogP contribution < -0.4 is 9.47 Å². The van der Waals surface area contributed by atoms with Crippen molar-refractivity contribution in [3.05, 3.63) is 93.5 Å². The summed E-state index contributed by atoms with van der Waals surface area (Å²) >= 11 is 0. The van der Waals surface area contributed by atoms with Gasteiger partial charge in [0.15, 0.2) is 16.6 Å². The van der Waals surface area contributed by atoms with Gasteiger partial charge in [0, 0.05) is 22.9 Å². The number of benzene rings is 2. The Bertz CT molecular complexity index is 1440. The zero-order valence-corrected chi connectivity index (χ0v) is 25.7. The summed E-state index contributed by atoms with van der Waals surface area (Å²) in [7, 11) is -3.33. The summed E-state index contributed by atoms with van der Waals surface area (Å²) in [6.07, 6.45) is 16.3. The van der Waals surface area contributed by atoms with Crippen molar-refractivity contribution in [2.45, 2.75) is 67.2 Å². The Balaban J connectivity index is 1.77. The number of sulfone groups is 1. The second kappa shape index (κ2) is 15.1. The SMILES string of the molecule is CCOCOc1c(C)c(C/C=C(\C)CC/C=C(\C)CS(=O)(=O)C2=CCC=CC=C2)c(OCC)c2ccc(C)cc12. The minimum absolute atomic E-state index is 0.0456. The molecule has 0 bridgehead atoms. The third kappa shape index (κ3) is 8.45. The van der Waals surface area contributed by atoms with Crippen molar-refractivity contribution in [3.8, 4) is 11.5 Å². The standard InChI is InChI=1S/C34H44O5S/c1-7-37-24-39-33-28(6)30(34(38-8-2)31-21-19-26(4)22-32(31)33)20-18-25(3)14-13-15-27(5)23-40(35,36)29-16-11-9-10-12-17-29/h9-11,15-19,21-22H,7-8,12-14,20,23-24H2,1-6H3/b25-18+,27-15+. The summed E-state index contributed by atoms with van der Waals surface area (Å²) in [5, 5.41) is 2.08. The van der Waals surface area contributed by atoms with Crippen molar-refractivity contribution in [2.75, 3.05) is 25.8 Å². The van der Waals surface area contributed by atoms with E-state index in [0.29, 0.717) is 31.0 Å². The predicted molar refractivity (Wildman–Crippen MR) is 167 cm³/mol. The molecule has 0 saturated carbocycles. The molecule has 40 heavy (non-hydrogen) atoms. The molecular formula is C34H44O5S. The molecular weight excluding hydrogens is 520 g/mol. The number of fused-ring (bicyclic) bond motifs is 1. The number of ether oxygens (including phenoxy) is 3. The first-order valence-electron chi connectivity index (χ1n) is 14.1. The second-order valence-corrected chi connectivity index (χ2v) is 12.2. The minimum atomic E-state index is -3.33. The van der Waals surface area contributed by atoms with E-state index in [1.807, 2.05) is 39.0 Å². The first-order valence-corrected chi connectivity index (χ1v) is 15.8. The summed E-state index contributed by atoms with van der Waals surface area (Å²) in [5.74, 6) is 1.79. The van der Waals surface area contributed by atoms with Gasteiger partial charge in [0.1, 0.15) is 11.5 Å². The zero-order chi connectivity index (χ0) is 29.1. The molecule has 1 aliphatic rings. The number of hydrogen-bond donors (Lipinski definition) is 0. The molecule has 1 aliphatic carbocycles. The molecule has 2 aromatic carbocycles. The van der Waals surface area contributed by atoms with Gasteiger partial charge >= 0.3 is 0 Å². The normalized spacial score (nSPS) is 14.4. The van der Waals surface area contributed by atoms with Gasteiger partial charge in [0.05, 0.1) is 17.3 Å². The summed E-state index contributed by atoms with van der Waals surface area (Å²) in [6.45, 7) is 13.5. The van der Waals surface area contributed by atoms with Crippen LogP contribution in [0.4, 0.5) is 0 Å². The Morgan fingerprint density at radius 1 is 0.950 bits per heavy atom. The van der Waals surface area contributed by atoms with Gasteiger partial charge in [-0.25, -0.2) is 8.42 Å². The summed E-state index contributed by atoms with van der Waals surface area (Å²) in [4.78, 5) is 0.400. The van der Waals surface area contributed by atoms with E-state index in [9.17, 15) is 8.42 Å². The van der Waals surface area contributed by atoms with Crippen molar-refractivity contribution in [1.29, 1.82) is 0 Å². The molecule has 0 fully saturated rings. The van der Waals surface area contributed by atoms with Crippen LogP contribution >= 0.6 is 0 Å². The largest absolute Gasteiger partial charge is 0.493 e. The van der Waals surface area contributed by atoms with Crippen LogP contribution in [0.25, 0.3) is 10.8 Å². The van der Waals surface area contributed by atoms with Gasteiger partial charge in [-0.1, -0.05) is 65.3 Å². The molecule has 0 atom stereocenters. The van der Waals surface area contributed by atoms with Crippen molar-refractivity contribution >= 4 is 20.6 Å². The fraction of sp³-hybridized carbons (Fsp3) is 0.412. The van der Waals surface area contributed by atoms with Crippen LogP contribution in [0.3, 0.4) is 0 Å². The van der Waals surface area contributed by atoms with Gasteiger partial charge in [0.2, 0.25) is 0 Å². The van der Waals surface area contributed by atoms with Crippen molar-refractivity contribution in [2.24, 2.45) is 0 Å². The Kier molecular flexibility index (Phi) is 11.8. The molecule has 0 unspecified atom stereocenters. The lowest BCUT2D eigenvalue weighted by Gasteiger charge is -2.21. The number of hydrogen-bond acceptors (Lipinski definition) is 5. The summed E-state index contributed by atoms with van der Waals surface area (Å²) < 4.78 is 43.5. The van der Waals surface area contributed by atoms with E-state index >= 15 is 0 Å². The predicted octanol–water partition coefficient (Wildman–Crippen LogP) is 8.26. The van der Waals surface area contributed by atoms with E-state index in [2.05, 4.69) is 45.0 Å². The smallest absolute Gasteiger partial charge is 0.189 e. The Morgan fingerprint density at radius 3 is 2.50 bits per heavy atom. The Hall–Kier alpha value is -3.09. The highest BCUT2D eigenvalue weighted by Crippen LogP contribution is 2.41. The maximum Gasteiger partial charge on any atom is 0.189 e. The van der Waals surface area contributed by atoms with Crippen molar-refractivity contribution in [1.82, 2.24) is 0 Å². The molecule has 0 aliphatic heterocycles. The average Bonchev–Trinajstić information content (AvgIpc) is 3.20. The molecule has 0 spiro atoms. The van der Waals surface area contributed by atoms with Gasteiger partial charge in [-0.3, -0.25) is 0 Å². The molecule has 0 saturated heterocycles. The maximum absolute atomic E-state index is 12.8. The van der Waals surface area contributed by atoms with Gasteiger partial charge in [-0.15, -0.1) is 0 Å². The summed E-state index contributed by atoms with van der Waals surface area (Å²) in [5.41, 5.74) is 5.45. The molecule has 6 heteroatoms. The van der Waals surface area contributed by atoms with Crippen LogP contribution in [-0.2, 0) is 21.0 Å². The fourth-order valence-electron chi connectivity index (χ4n) is 4.80. The highest BCUT2D eigenvalue weighted by molar-refractivity contribution is 7.95. The van der Waals surface area contributed by atoms with Crippen LogP contribution in [0.2, 0.25) is 0 Å². The fourth-order valence-corrected chi connectivity index (χ4v) is 6.32. The highest BCUT2D eigenvalue weighted by Gasteiger charge is 2.19. The molecule has 3 rings (SSSR count). The average molecular weight is 565 g/mol. The first-order chi connectivity index (χ1) is 19.2. The highest BCUT2D eigenvalue weighted by atomic mass is 32.2. The van der Waals surface area contributed by atoms with Gasteiger partial charge in [0.25, 0.3) is 0 Å². The molecule has 0 aromatic heterocycles. The van der Waals surface area contributed by atoms with Crippen LogP contribution in [0.5, 0.6) is 11.5 Å². The number of aryl methyl sites for hydroxylation is 1. The van der Waals surface area contributed by atoms with E-state index in [1.165, 1.54) is 5.57 Å². The Labute approximate surface area is 240 Å². The van der Waals surface area contributed by atoms with Crippen LogP contribution in [0.15, 0.2) is 76.8 Å².